The van der Waals surface area contributed by atoms with Crippen molar-refractivity contribution in [2.75, 3.05) is 14.1 Å². The van der Waals surface area contributed by atoms with Gasteiger partial charge in [-0.15, -0.1) is 0 Å². The van der Waals surface area contributed by atoms with Crippen LogP contribution in [-0.2, 0) is 16.0 Å². The molecule has 1 amide bonds. The molecule has 176 valence electrons. The number of fused-ring (bicyclic) bond motifs is 3. The summed E-state index contributed by atoms with van der Waals surface area (Å²) < 4.78 is 0. The fourth-order valence-corrected chi connectivity index (χ4v) is 5.97. The molecule has 0 aliphatic heterocycles. The standard InChI is InChI=1S/C24H28N2O7/c1-5-10-7-6-8-11-9(2)12-14(18(27)13(10)11)21(30)24(33)16(19(12)28)17(26(3)4)20(29)15(22(24)31)23(25)32/h6-9,12,16-17,19,28-30,33H,5H2,1-4H3,(H2,25,32)/t9-,12+,16+,17-,19-,24-/m0/s1. The smallest absolute Gasteiger partial charge is 0.255 e. The number of benzene rings is 1. The van der Waals surface area contributed by atoms with Gasteiger partial charge in [0.1, 0.15) is 17.1 Å². The van der Waals surface area contributed by atoms with Crippen molar-refractivity contribution in [3.8, 4) is 0 Å². The fraction of sp³-hybridized carbons (Fsp3) is 0.458. The first-order chi connectivity index (χ1) is 15.4. The number of hydrogen-bond donors (Lipinski definition) is 5. The van der Waals surface area contributed by atoms with Gasteiger partial charge in [-0.2, -0.15) is 0 Å². The maximum atomic E-state index is 13.6. The first-order valence-electron chi connectivity index (χ1n) is 10.9. The second kappa shape index (κ2) is 7.51. The van der Waals surface area contributed by atoms with Crippen molar-refractivity contribution in [1.82, 2.24) is 4.90 Å². The number of Topliss-reactive ketones (excluding diaryl/α,β-unsaturated/α-hetero) is 2. The number of rotatable bonds is 3. The van der Waals surface area contributed by atoms with Crippen LogP contribution < -0.4 is 5.73 Å². The SMILES string of the molecule is CCc1cccc2c1C(=O)C1=C(O)[C@]3(O)C(=O)C(C(N)=O)=C(O)[C@@H](N(C)C)[C@@H]3[C@@H](O)[C@@H]1[C@H]2C. The third kappa shape index (κ3) is 2.79. The monoisotopic (exact) mass is 456 g/mol. The number of primary amides is 1. The highest BCUT2D eigenvalue weighted by Gasteiger charge is 2.67. The molecule has 0 saturated heterocycles. The van der Waals surface area contributed by atoms with Crippen LogP contribution in [0.4, 0.5) is 0 Å². The number of ketones is 2. The van der Waals surface area contributed by atoms with Crippen LogP contribution in [0, 0.1) is 11.8 Å². The Morgan fingerprint density at radius 2 is 1.85 bits per heavy atom. The van der Waals surface area contributed by atoms with Gasteiger partial charge in [-0.3, -0.25) is 19.3 Å². The van der Waals surface area contributed by atoms with Crippen molar-refractivity contribution in [3.05, 3.63) is 57.6 Å². The van der Waals surface area contributed by atoms with Gasteiger partial charge in [-0.25, -0.2) is 0 Å². The van der Waals surface area contributed by atoms with Crippen molar-refractivity contribution in [1.29, 1.82) is 0 Å². The molecule has 9 nitrogen and oxygen atoms in total. The van der Waals surface area contributed by atoms with Crippen molar-refractivity contribution in [2.45, 2.75) is 43.9 Å². The topological polar surface area (TPSA) is 161 Å². The highest BCUT2D eigenvalue weighted by Crippen LogP contribution is 2.54. The average Bonchev–Trinajstić information content (AvgIpc) is 2.75. The molecule has 3 aliphatic carbocycles. The van der Waals surface area contributed by atoms with Gasteiger partial charge in [0.2, 0.25) is 5.78 Å². The van der Waals surface area contributed by atoms with E-state index < -0.39 is 70.1 Å². The molecule has 0 saturated carbocycles. The molecule has 1 aromatic rings. The van der Waals surface area contributed by atoms with Gasteiger partial charge in [0, 0.05) is 17.1 Å². The number of nitrogens with zero attached hydrogens (tertiary/aromatic N) is 1. The van der Waals surface area contributed by atoms with E-state index in [4.69, 9.17) is 5.73 Å². The second-order valence-corrected chi connectivity index (χ2v) is 9.29. The molecule has 6 atom stereocenters. The molecular weight excluding hydrogens is 428 g/mol. The third-order valence-corrected chi connectivity index (χ3v) is 7.48. The van der Waals surface area contributed by atoms with Crippen molar-refractivity contribution >= 4 is 17.5 Å². The molecule has 0 fully saturated rings. The van der Waals surface area contributed by atoms with E-state index in [2.05, 4.69) is 0 Å². The van der Waals surface area contributed by atoms with E-state index >= 15 is 0 Å². The summed E-state index contributed by atoms with van der Waals surface area (Å²) in [6.07, 6.45) is -0.967. The summed E-state index contributed by atoms with van der Waals surface area (Å²) in [6.45, 7) is 3.68. The molecule has 3 aliphatic rings. The summed E-state index contributed by atoms with van der Waals surface area (Å²) in [6, 6.07) is 4.18. The summed E-state index contributed by atoms with van der Waals surface area (Å²) >= 11 is 0. The number of carbonyl (C=O) groups excluding carboxylic acids is 3. The maximum absolute atomic E-state index is 13.6. The molecule has 9 heteroatoms. The molecule has 6 N–H and O–H groups in total. The lowest BCUT2D eigenvalue weighted by atomic mass is 9.55. The van der Waals surface area contributed by atoms with Gasteiger partial charge < -0.3 is 26.2 Å². The summed E-state index contributed by atoms with van der Waals surface area (Å²) in [7, 11) is 3.05. The molecule has 33 heavy (non-hydrogen) atoms. The Balaban J connectivity index is 2.06. The zero-order valence-electron chi connectivity index (χ0n) is 18.9. The Labute approximate surface area is 190 Å². The summed E-state index contributed by atoms with van der Waals surface area (Å²) in [5.41, 5.74) is 3.20. The zero-order valence-corrected chi connectivity index (χ0v) is 18.9. The van der Waals surface area contributed by atoms with Gasteiger partial charge in [0.05, 0.1) is 18.1 Å². The van der Waals surface area contributed by atoms with Crippen LogP contribution in [0.25, 0.3) is 0 Å². The Bertz CT molecular complexity index is 1150. The molecule has 0 unspecified atom stereocenters. The molecule has 4 rings (SSSR count). The number of hydrogen-bond acceptors (Lipinski definition) is 8. The van der Waals surface area contributed by atoms with E-state index in [0.29, 0.717) is 17.5 Å². The quantitative estimate of drug-likeness (QED) is 0.411. The Kier molecular flexibility index (Phi) is 5.27. The minimum atomic E-state index is -2.81. The number of carbonyl (C=O) groups is 3. The van der Waals surface area contributed by atoms with Crippen LogP contribution in [0.3, 0.4) is 0 Å². The minimum absolute atomic E-state index is 0.252. The van der Waals surface area contributed by atoms with Crippen LogP contribution in [0.1, 0.15) is 41.3 Å². The van der Waals surface area contributed by atoms with Gasteiger partial charge in [-0.05, 0) is 37.6 Å². The fourth-order valence-electron chi connectivity index (χ4n) is 5.97. The highest BCUT2D eigenvalue weighted by molar-refractivity contribution is 6.24. The molecule has 0 bridgehead atoms. The van der Waals surface area contributed by atoms with E-state index in [9.17, 15) is 34.8 Å². The normalized spacial score (nSPS) is 33.7. The van der Waals surface area contributed by atoms with E-state index in [1.165, 1.54) is 19.0 Å². The predicted octanol–water partition coefficient (Wildman–Crippen LogP) is 0.509. The van der Waals surface area contributed by atoms with E-state index in [1.54, 1.807) is 19.1 Å². The van der Waals surface area contributed by atoms with E-state index in [1.807, 2.05) is 13.0 Å². The van der Waals surface area contributed by atoms with Gasteiger partial charge in [0.25, 0.3) is 5.91 Å². The number of aliphatic hydroxyl groups excluding tert-OH is 3. The van der Waals surface area contributed by atoms with E-state index in [-0.39, 0.29) is 5.57 Å². The first kappa shape index (κ1) is 23.2. The van der Waals surface area contributed by atoms with Crippen LogP contribution in [0.5, 0.6) is 0 Å². The first-order valence-corrected chi connectivity index (χ1v) is 10.9. The number of likely N-dealkylation sites (N-methyl/N-ethyl adjacent to an activating group) is 1. The molecular formula is C24H28N2O7. The maximum Gasteiger partial charge on any atom is 0.255 e. The Morgan fingerprint density at radius 1 is 1.21 bits per heavy atom. The number of amides is 1. The van der Waals surface area contributed by atoms with Gasteiger partial charge >= 0.3 is 0 Å². The minimum Gasteiger partial charge on any atom is -0.510 e. The molecule has 0 spiro atoms. The van der Waals surface area contributed by atoms with Gasteiger partial charge in [-0.1, -0.05) is 32.0 Å². The largest absolute Gasteiger partial charge is 0.510 e. The second-order valence-electron chi connectivity index (χ2n) is 9.29. The summed E-state index contributed by atoms with van der Waals surface area (Å²) in [5, 5.41) is 45.2. The Hall–Kier alpha value is -3.01. The average molecular weight is 456 g/mol. The lowest BCUT2D eigenvalue weighted by Crippen LogP contribution is -2.68. The molecule has 1 aromatic carbocycles. The van der Waals surface area contributed by atoms with Crippen LogP contribution >= 0.6 is 0 Å². The van der Waals surface area contributed by atoms with E-state index in [0.717, 1.165) is 5.56 Å². The Morgan fingerprint density at radius 3 is 2.39 bits per heavy atom. The van der Waals surface area contributed by atoms with Crippen molar-refractivity contribution < 1.29 is 34.8 Å². The summed E-state index contributed by atoms with van der Waals surface area (Å²) in [4.78, 5) is 40.4. The van der Waals surface area contributed by atoms with Crippen LogP contribution in [0.15, 0.2) is 40.9 Å². The van der Waals surface area contributed by atoms with Crippen molar-refractivity contribution in [3.63, 3.8) is 0 Å². The molecule has 0 aromatic heterocycles. The zero-order chi connectivity index (χ0) is 24.6. The third-order valence-electron chi connectivity index (χ3n) is 7.48. The number of aliphatic hydroxyl groups is 4. The van der Waals surface area contributed by atoms with Gasteiger partial charge in [0.15, 0.2) is 11.4 Å². The molecule has 0 heterocycles. The molecule has 0 radical (unpaired) electrons. The predicted molar refractivity (Wildman–Crippen MR) is 117 cm³/mol. The van der Waals surface area contributed by atoms with Crippen LogP contribution in [-0.4, -0.2) is 74.6 Å². The number of aryl methyl sites for hydroxylation is 1. The lowest BCUT2D eigenvalue weighted by Gasteiger charge is -2.53. The van der Waals surface area contributed by atoms with Crippen LogP contribution in [0.2, 0.25) is 0 Å². The number of nitrogens with two attached hydrogens (primary N) is 1. The summed E-state index contributed by atoms with van der Waals surface area (Å²) in [5.74, 6) is -7.64. The highest BCUT2D eigenvalue weighted by atomic mass is 16.4. The lowest BCUT2D eigenvalue weighted by molar-refractivity contribution is -0.162. The van der Waals surface area contributed by atoms with Crippen molar-refractivity contribution in [2.24, 2.45) is 17.6 Å².